The van der Waals surface area contributed by atoms with Gasteiger partial charge in [-0.3, -0.25) is 0 Å². The van der Waals surface area contributed by atoms with Crippen molar-refractivity contribution in [3.63, 3.8) is 0 Å². The van der Waals surface area contributed by atoms with Crippen LogP contribution in [0.3, 0.4) is 0 Å². The van der Waals surface area contributed by atoms with Crippen molar-refractivity contribution in [1.29, 1.82) is 0 Å². The van der Waals surface area contributed by atoms with E-state index in [9.17, 15) is 1.37 Å². The van der Waals surface area contributed by atoms with Gasteiger partial charge in [0.15, 0.2) is 5.82 Å². The summed E-state index contributed by atoms with van der Waals surface area (Å²) in [5.74, 6) is -0.0896. The first-order valence-corrected chi connectivity index (χ1v) is 15.4. The number of fused-ring (bicyclic) bond motifs is 3. The lowest BCUT2D eigenvalue weighted by atomic mass is 9.91. The summed E-state index contributed by atoms with van der Waals surface area (Å²) in [6.07, 6.45) is 0. The van der Waals surface area contributed by atoms with Gasteiger partial charge in [-0.15, -0.1) is 0 Å². The van der Waals surface area contributed by atoms with Crippen molar-refractivity contribution in [2.75, 3.05) is 0 Å². The number of hydrogen-bond donors (Lipinski definition) is 0. The molecule has 0 aliphatic carbocycles. The predicted molar refractivity (Wildman–Crippen MR) is 202 cm³/mol. The van der Waals surface area contributed by atoms with Crippen LogP contribution in [0.25, 0.3) is 88.5 Å². The average Bonchev–Trinajstić information content (AvgIpc) is 3.27. The third-order valence-corrected chi connectivity index (χ3v) is 8.45. The van der Waals surface area contributed by atoms with Crippen LogP contribution in [-0.4, -0.2) is 9.97 Å². The van der Waals surface area contributed by atoms with Crippen LogP contribution in [0, 0.1) is 0 Å². The molecule has 0 unspecified atom stereocenters. The first-order valence-electron chi connectivity index (χ1n) is 21.4. The Labute approximate surface area is 296 Å². The number of hydrogen-bond acceptors (Lipinski definition) is 2. The molecular weight excluding hydrogens is 581 g/mol. The number of nitrogens with zero attached hydrogens (tertiary/aromatic N) is 2. The maximum Gasteiger partial charge on any atom is 0.160 e. The van der Waals surface area contributed by atoms with E-state index in [2.05, 4.69) is 0 Å². The molecule has 224 valence electrons. The number of benzene rings is 8. The fraction of sp³-hybridized carbons (Fsp3) is 0. The highest BCUT2D eigenvalue weighted by molar-refractivity contribution is 6.07. The Bertz CT molecular complexity index is 3270. The molecular formula is C46H30N2. The molecule has 0 atom stereocenters. The number of rotatable bonds is 5. The van der Waals surface area contributed by atoms with Crippen molar-refractivity contribution in [3.8, 4) is 56.2 Å². The van der Waals surface area contributed by atoms with Crippen molar-refractivity contribution in [3.05, 3.63) is 182 Å². The van der Waals surface area contributed by atoms with Gasteiger partial charge in [0.05, 0.1) is 27.8 Å². The SMILES string of the molecule is [2H]c1c([2H])c([2H])c(-c2nc(-c3ccc(-c4ccccc4)c4ccccc34)cc(-c3ccc(-c4c([2H])c([2H])c5c([2H])c([2H])c([2H])c([2H])c5c4[2H])c4ccccc34)n2)c([2H])c1[2H]. The first kappa shape index (κ1) is 18.1. The molecule has 8 aromatic carbocycles. The zero-order valence-corrected chi connectivity index (χ0v) is 25.3. The molecule has 0 saturated heterocycles. The minimum Gasteiger partial charge on any atom is -0.228 e. The molecule has 9 aromatic rings. The molecule has 2 heteroatoms. The van der Waals surface area contributed by atoms with Gasteiger partial charge in [-0.1, -0.05) is 170 Å². The lowest BCUT2D eigenvalue weighted by Gasteiger charge is -2.15. The Morgan fingerprint density at radius 2 is 0.875 bits per heavy atom. The molecule has 0 N–H and O–H groups in total. The Morgan fingerprint density at radius 1 is 0.375 bits per heavy atom. The lowest BCUT2D eigenvalue weighted by Crippen LogP contribution is -1.97. The monoisotopic (exact) mass is 622 g/mol. The largest absolute Gasteiger partial charge is 0.228 e. The summed E-state index contributed by atoms with van der Waals surface area (Å²) in [6.45, 7) is 0. The summed E-state index contributed by atoms with van der Waals surface area (Å²) in [5, 5.41) is 2.63. The predicted octanol–water partition coefficient (Wildman–Crippen LogP) is 12.3. The van der Waals surface area contributed by atoms with Crippen LogP contribution in [0.1, 0.15) is 16.4 Å². The third kappa shape index (κ3) is 4.92. The van der Waals surface area contributed by atoms with Crippen molar-refractivity contribution in [2.45, 2.75) is 0 Å². The van der Waals surface area contributed by atoms with Crippen molar-refractivity contribution in [1.82, 2.24) is 9.97 Å². The summed E-state index contributed by atoms with van der Waals surface area (Å²) < 4.78 is 103. The lowest BCUT2D eigenvalue weighted by molar-refractivity contribution is 1.19. The van der Waals surface area contributed by atoms with Gasteiger partial charge in [-0.05, 0) is 66.7 Å². The Hall–Kier alpha value is -6.38. The molecule has 0 aliphatic heterocycles. The van der Waals surface area contributed by atoms with Crippen LogP contribution in [0.15, 0.2) is 182 Å². The van der Waals surface area contributed by atoms with E-state index in [1.54, 1.807) is 36.4 Å². The second-order valence-electron chi connectivity index (χ2n) is 11.2. The third-order valence-electron chi connectivity index (χ3n) is 8.45. The Balaban J connectivity index is 1.33. The van der Waals surface area contributed by atoms with Crippen molar-refractivity contribution in [2.24, 2.45) is 0 Å². The van der Waals surface area contributed by atoms with Gasteiger partial charge in [-0.25, -0.2) is 9.97 Å². The van der Waals surface area contributed by atoms with Crippen LogP contribution in [0.5, 0.6) is 0 Å². The molecule has 48 heavy (non-hydrogen) atoms. The maximum atomic E-state index is 9.23. The number of aromatic nitrogens is 2. The van der Waals surface area contributed by atoms with Gasteiger partial charge in [-0.2, -0.15) is 0 Å². The minimum atomic E-state index is -0.547. The van der Waals surface area contributed by atoms with E-state index in [1.807, 2.05) is 72.8 Å². The molecule has 9 rings (SSSR count). The summed E-state index contributed by atoms with van der Waals surface area (Å²) >= 11 is 0. The van der Waals surface area contributed by atoms with Crippen LogP contribution in [0.4, 0.5) is 0 Å². The summed E-state index contributed by atoms with van der Waals surface area (Å²) in [7, 11) is 0. The van der Waals surface area contributed by atoms with Crippen LogP contribution in [-0.2, 0) is 0 Å². The van der Waals surface area contributed by atoms with E-state index in [-0.39, 0.29) is 39.8 Å². The molecule has 0 aliphatic rings. The topological polar surface area (TPSA) is 25.8 Å². The van der Waals surface area contributed by atoms with Gasteiger partial charge in [0.25, 0.3) is 0 Å². The average molecular weight is 623 g/mol. The van der Waals surface area contributed by atoms with Gasteiger partial charge in [0.2, 0.25) is 0 Å². The zero-order chi connectivity index (χ0) is 42.3. The second kappa shape index (κ2) is 11.8. The molecule has 1 heterocycles. The normalized spacial score (nSPS) is 14.8. The molecule has 0 amide bonds. The fourth-order valence-corrected chi connectivity index (χ4v) is 6.25. The molecule has 0 spiro atoms. The summed E-state index contributed by atoms with van der Waals surface area (Å²) in [4.78, 5) is 9.80. The standard InChI is InChI=1S/C46H30N2/c1-3-14-32(15-4-1)36-25-27-42(40-21-11-9-19-38(36)40)44-30-45(48-46(47-44)33-16-5-2-6-17-33)43-28-26-37(39-20-10-12-22-41(39)43)35-24-23-31-13-7-8-18-34(31)29-35/h1-30H/i2D,5D,6D,7D,8D,13D,16D,17D,18D,23D,24D,29D. The van der Waals surface area contributed by atoms with E-state index < -0.39 is 60.4 Å². The highest BCUT2D eigenvalue weighted by Gasteiger charge is 2.17. The van der Waals surface area contributed by atoms with E-state index in [0.29, 0.717) is 38.9 Å². The Kier molecular flexibility index (Phi) is 4.43. The highest BCUT2D eigenvalue weighted by atomic mass is 14.9. The molecule has 0 bridgehead atoms. The minimum absolute atomic E-state index is 0.0217. The summed E-state index contributed by atoms with van der Waals surface area (Å²) in [6, 6.07) is 28.5. The van der Waals surface area contributed by atoms with E-state index in [1.165, 1.54) is 0 Å². The molecule has 0 radical (unpaired) electrons. The second-order valence-corrected chi connectivity index (χ2v) is 11.2. The quantitative estimate of drug-likeness (QED) is 0.191. The van der Waals surface area contributed by atoms with E-state index in [0.717, 1.165) is 21.9 Å². The van der Waals surface area contributed by atoms with E-state index in [4.69, 9.17) is 25.0 Å². The van der Waals surface area contributed by atoms with Gasteiger partial charge in [0.1, 0.15) is 0 Å². The zero-order valence-electron chi connectivity index (χ0n) is 37.3. The van der Waals surface area contributed by atoms with Gasteiger partial charge in [0, 0.05) is 16.7 Å². The molecule has 0 fully saturated rings. The molecule has 1 aromatic heterocycles. The van der Waals surface area contributed by atoms with Crippen LogP contribution < -0.4 is 0 Å². The maximum absolute atomic E-state index is 9.23. The van der Waals surface area contributed by atoms with Crippen molar-refractivity contribution < 1.29 is 16.4 Å². The molecule has 2 nitrogen and oxygen atoms in total. The van der Waals surface area contributed by atoms with Crippen LogP contribution in [0.2, 0.25) is 0 Å². The van der Waals surface area contributed by atoms with Gasteiger partial charge >= 0.3 is 0 Å². The highest BCUT2D eigenvalue weighted by Crippen LogP contribution is 2.40. The fourth-order valence-electron chi connectivity index (χ4n) is 6.25. The van der Waals surface area contributed by atoms with Crippen LogP contribution >= 0.6 is 0 Å². The van der Waals surface area contributed by atoms with Crippen molar-refractivity contribution >= 4 is 32.3 Å². The first-order chi connectivity index (χ1) is 28.8. The smallest absolute Gasteiger partial charge is 0.160 e. The van der Waals surface area contributed by atoms with Gasteiger partial charge < -0.3 is 0 Å². The summed E-state index contributed by atoms with van der Waals surface area (Å²) in [5.41, 5.74) is 4.31. The van der Waals surface area contributed by atoms with E-state index >= 15 is 0 Å². The molecule has 0 saturated carbocycles. The Morgan fingerprint density at radius 3 is 1.50 bits per heavy atom.